The molecule has 0 aliphatic heterocycles. The van der Waals surface area contributed by atoms with Crippen molar-refractivity contribution in [1.82, 2.24) is 9.47 Å². The fourth-order valence-electron chi connectivity index (χ4n) is 3.73. The molecule has 0 spiro atoms. The zero-order valence-corrected chi connectivity index (χ0v) is 16.6. The fraction of sp³-hybridized carbons (Fsp3) is 0.364. The molecule has 146 valence electrons. The van der Waals surface area contributed by atoms with E-state index in [0.29, 0.717) is 36.0 Å². The molecule has 2 aromatic carbocycles. The number of hydrogen-bond donors (Lipinski definition) is 0. The molecule has 1 aliphatic carbocycles. The maximum Gasteiger partial charge on any atom is 0.419 e. The van der Waals surface area contributed by atoms with E-state index in [-0.39, 0.29) is 17.7 Å². The van der Waals surface area contributed by atoms with E-state index in [1.54, 1.807) is 10.6 Å². The standard InChI is InChI=1S/C22H23ClN2O3/c1-15(16-8-10-17(23)11-9-16)25(18-12-13-18)21(26)7-4-14-24-19-5-2-3-6-20(19)28-22(24)27/h2-3,5-6,8-11,15,18H,4,7,12-14H2,1H3. The van der Waals surface area contributed by atoms with Crippen molar-refractivity contribution < 1.29 is 9.21 Å². The van der Waals surface area contributed by atoms with Crippen LogP contribution in [0, 0.1) is 0 Å². The molecule has 0 radical (unpaired) electrons. The van der Waals surface area contributed by atoms with E-state index in [1.807, 2.05) is 47.4 Å². The molecule has 0 N–H and O–H groups in total. The third-order valence-electron chi connectivity index (χ3n) is 5.34. The third-order valence-corrected chi connectivity index (χ3v) is 5.60. The van der Waals surface area contributed by atoms with Gasteiger partial charge in [-0.1, -0.05) is 35.9 Å². The summed E-state index contributed by atoms with van der Waals surface area (Å²) < 4.78 is 6.86. The molecular weight excluding hydrogens is 376 g/mol. The number of oxazole rings is 1. The molecule has 1 saturated carbocycles. The van der Waals surface area contributed by atoms with Crippen LogP contribution in [0.5, 0.6) is 0 Å². The lowest BCUT2D eigenvalue weighted by Gasteiger charge is -2.30. The Morgan fingerprint density at radius 2 is 1.93 bits per heavy atom. The molecule has 1 atom stereocenters. The van der Waals surface area contributed by atoms with E-state index in [0.717, 1.165) is 23.9 Å². The molecule has 28 heavy (non-hydrogen) atoms. The first-order chi connectivity index (χ1) is 13.5. The Hall–Kier alpha value is -2.53. The van der Waals surface area contributed by atoms with Crippen molar-refractivity contribution in [1.29, 1.82) is 0 Å². The van der Waals surface area contributed by atoms with Gasteiger partial charge in [0.2, 0.25) is 5.91 Å². The maximum atomic E-state index is 13.0. The number of rotatable bonds is 7. The second kappa shape index (κ2) is 7.84. The largest absolute Gasteiger partial charge is 0.419 e. The highest BCUT2D eigenvalue weighted by molar-refractivity contribution is 6.30. The van der Waals surface area contributed by atoms with Gasteiger partial charge in [0, 0.05) is 24.0 Å². The Labute approximate surface area is 168 Å². The molecule has 3 aromatic rings. The highest BCUT2D eigenvalue weighted by Crippen LogP contribution is 2.35. The second-order valence-electron chi connectivity index (χ2n) is 7.35. The van der Waals surface area contributed by atoms with Gasteiger partial charge in [0.05, 0.1) is 11.6 Å². The number of benzene rings is 2. The number of halogens is 1. The minimum Gasteiger partial charge on any atom is -0.408 e. The van der Waals surface area contributed by atoms with Crippen LogP contribution >= 0.6 is 11.6 Å². The molecule has 1 unspecified atom stereocenters. The average Bonchev–Trinajstić information content (AvgIpc) is 3.46. The van der Waals surface area contributed by atoms with E-state index < -0.39 is 0 Å². The average molecular weight is 399 g/mol. The fourth-order valence-corrected chi connectivity index (χ4v) is 3.86. The number of nitrogens with zero attached hydrogens (tertiary/aromatic N) is 2. The smallest absolute Gasteiger partial charge is 0.408 e. The van der Waals surface area contributed by atoms with E-state index in [9.17, 15) is 9.59 Å². The van der Waals surface area contributed by atoms with Crippen molar-refractivity contribution in [2.75, 3.05) is 0 Å². The van der Waals surface area contributed by atoms with E-state index in [2.05, 4.69) is 6.92 Å². The van der Waals surface area contributed by atoms with Gasteiger partial charge >= 0.3 is 5.76 Å². The summed E-state index contributed by atoms with van der Waals surface area (Å²) in [6, 6.07) is 15.4. The maximum absolute atomic E-state index is 13.0. The van der Waals surface area contributed by atoms with Crippen LogP contribution in [0.25, 0.3) is 11.1 Å². The topological polar surface area (TPSA) is 55.5 Å². The van der Waals surface area contributed by atoms with Crippen molar-refractivity contribution in [3.63, 3.8) is 0 Å². The van der Waals surface area contributed by atoms with Crippen LogP contribution in [-0.2, 0) is 11.3 Å². The van der Waals surface area contributed by atoms with Crippen molar-refractivity contribution in [2.45, 2.75) is 51.2 Å². The minimum absolute atomic E-state index is 0.00902. The number of carbonyl (C=O) groups excluding carboxylic acids is 1. The number of para-hydroxylation sites is 2. The van der Waals surface area contributed by atoms with E-state index >= 15 is 0 Å². The van der Waals surface area contributed by atoms with Crippen molar-refractivity contribution in [3.8, 4) is 0 Å². The zero-order chi connectivity index (χ0) is 19.7. The first-order valence-corrected chi connectivity index (χ1v) is 10.1. The van der Waals surface area contributed by atoms with Gasteiger partial charge in [-0.3, -0.25) is 9.36 Å². The molecule has 6 heteroatoms. The third kappa shape index (κ3) is 3.85. The van der Waals surface area contributed by atoms with E-state index in [1.165, 1.54) is 0 Å². The lowest BCUT2D eigenvalue weighted by molar-refractivity contribution is -0.134. The Morgan fingerprint density at radius 3 is 2.64 bits per heavy atom. The van der Waals surface area contributed by atoms with Crippen LogP contribution < -0.4 is 5.76 Å². The van der Waals surface area contributed by atoms with Crippen LogP contribution in [0.1, 0.15) is 44.2 Å². The zero-order valence-electron chi connectivity index (χ0n) is 15.8. The van der Waals surface area contributed by atoms with Gasteiger partial charge < -0.3 is 9.32 Å². The quantitative estimate of drug-likeness (QED) is 0.575. The van der Waals surface area contributed by atoms with Gasteiger partial charge in [0.25, 0.3) is 0 Å². The van der Waals surface area contributed by atoms with Crippen molar-refractivity contribution in [2.24, 2.45) is 0 Å². The van der Waals surface area contributed by atoms with Crippen molar-refractivity contribution in [3.05, 3.63) is 69.7 Å². The Bertz CT molecular complexity index is 1030. The summed E-state index contributed by atoms with van der Waals surface area (Å²) in [5.74, 6) is -0.243. The Morgan fingerprint density at radius 1 is 1.21 bits per heavy atom. The lowest BCUT2D eigenvalue weighted by atomic mass is 10.1. The van der Waals surface area contributed by atoms with Crippen LogP contribution in [0.2, 0.25) is 5.02 Å². The molecule has 5 nitrogen and oxygen atoms in total. The van der Waals surface area contributed by atoms with Crippen molar-refractivity contribution >= 4 is 28.6 Å². The predicted octanol–water partition coefficient (Wildman–Crippen LogP) is 4.78. The normalized spacial score (nSPS) is 14.9. The molecule has 1 fully saturated rings. The predicted molar refractivity (Wildman–Crippen MR) is 109 cm³/mol. The summed E-state index contributed by atoms with van der Waals surface area (Å²) >= 11 is 5.99. The lowest BCUT2D eigenvalue weighted by Crippen LogP contribution is -2.35. The van der Waals surface area contributed by atoms with Gasteiger partial charge in [0.1, 0.15) is 0 Å². The molecule has 4 rings (SSSR count). The van der Waals surface area contributed by atoms with Crippen LogP contribution in [0.3, 0.4) is 0 Å². The summed E-state index contributed by atoms with van der Waals surface area (Å²) in [6.45, 7) is 2.53. The van der Waals surface area contributed by atoms with E-state index in [4.69, 9.17) is 16.0 Å². The highest BCUT2D eigenvalue weighted by atomic mass is 35.5. The number of fused-ring (bicyclic) bond motifs is 1. The van der Waals surface area contributed by atoms with Gasteiger partial charge in [-0.05, 0) is 56.0 Å². The summed E-state index contributed by atoms with van der Waals surface area (Å²) in [5, 5.41) is 0.693. The number of hydrogen-bond acceptors (Lipinski definition) is 3. The monoisotopic (exact) mass is 398 g/mol. The molecular formula is C22H23ClN2O3. The summed E-state index contributed by atoms with van der Waals surface area (Å²) in [4.78, 5) is 27.0. The molecule has 0 bridgehead atoms. The van der Waals surface area contributed by atoms with Crippen LogP contribution in [-0.4, -0.2) is 21.4 Å². The summed E-state index contributed by atoms with van der Waals surface area (Å²) in [6.07, 6.45) is 3.10. The first-order valence-electron chi connectivity index (χ1n) is 9.69. The molecule has 1 amide bonds. The molecule has 1 heterocycles. The second-order valence-corrected chi connectivity index (χ2v) is 7.79. The van der Waals surface area contributed by atoms with Gasteiger partial charge in [-0.15, -0.1) is 0 Å². The molecule has 0 saturated heterocycles. The number of carbonyl (C=O) groups is 1. The number of aromatic nitrogens is 1. The summed E-state index contributed by atoms with van der Waals surface area (Å²) in [5.41, 5.74) is 2.44. The van der Waals surface area contributed by atoms with Gasteiger partial charge in [-0.25, -0.2) is 4.79 Å². The number of aryl methyl sites for hydroxylation is 1. The van der Waals surface area contributed by atoms with Crippen LogP contribution in [0.15, 0.2) is 57.7 Å². The first kappa shape index (κ1) is 18.8. The van der Waals surface area contributed by atoms with Crippen LogP contribution in [0.4, 0.5) is 0 Å². The SMILES string of the molecule is CC(c1ccc(Cl)cc1)N(C(=O)CCCn1c(=O)oc2ccccc21)C1CC1. The number of amides is 1. The highest BCUT2D eigenvalue weighted by Gasteiger charge is 2.35. The minimum atomic E-state index is -0.373. The summed E-state index contributed by atoms with van der Waals surface area (Å²) in [7, 11) is 0. The van der Waals surface area contributed by atoms with Gasteiger partial charge in [-0.2, -0.15) is 0 Å². The molecule has 1 aliphatic rings. The Kier molecular flexibility index (Phi) is 5.27. The van der Waals surface area contributed by atoms with Gasteiger partial charge in [0.15, 0.2) is 5.58 Å². The molecule has 1 aromatic heterocycles. The Balaban J connectivity index is 1.43.